The van der Waals surface area contributed by atoms with Crippen LogP contribution >= 0.6 is 0 Å². The topological polar surface area (TPSA) is 75.5 Å². The molecule has 1 N–H and O–H groups in total. The van der Waals surface area contributed by atoms with E-state index in [2.05, 4.69) is 5.32 Å². The minimum absolute atomic E-state index is 0.0604. The molecule has 2 rings (SSSR count). The SMILES string of the molecule is CN(Cc1cccc([N+](=O)[O-])c1)C(=O)C1CCNCC1. The zero-order chi connectivity index (χ0) is 14.5. The molecule has 108 valence electrons. The van der Waals surface area contributed by atoms with E-state index in [-0.39, 0.29) is 17.5 Å². The van der Waals surface area contributed by atoms with Crippen LogP contribution in [0, 0.1) is 16.0 Å². The Morgan fingerprint density at radius 2 is 2.15 bits per heavy atom. The van der Waals surface area contributed by atoms with Gasteiger partial charge in [0.05, 0.1) is 4.92 Å². The van der Waals surface area contributed by atoms with Crippen LogP contribution in [0.5, 0.6) is 0 Å². The van der Waals surface area contributed by atoms with Crippen molar-refractivity contribution in [2.24, 2.45) is 5.92 Å². The summed E-state index contributed by atoms with van der Waals surface area (Å²) in [4.78, 5) is 24.3. The Balaban J connectivity index is 1.99. The lowest BCUT2D eigenvalue weighted by Crippen LogP contribution is -2.38. The second-order valence-electron chi connectivity index (χ2n) is 5.15. The maximum Gasteiger partial charge on any atom is 0.269 e. The zero-order valence-corrected chi connectivity index (χ0v) is 11.5. The summed E-state index contributed by atoms with van der Waals surface area (Å²) in [6, 6.07) is 6.43. The summed E-state index contributed by atoms with van der Waals surface area (Å²) in [6.07, 6.45) is 1.72. The van der Waals surface area contributed by atoms with Crippen LogP contribution < -0.4 is 5.32 Å². The summed E-state index contributed by atoms with van der Waals surface area (Å²) in [5.41, 5.74) is 0.842. The first-order valence-electron chi connectivity index (χ1n) is 6.77. The van der Waals surface area contributed by atoms with Crippen LogP contribution in [0.2, 0.25) is 0 Å². The number of nitrogens with zero attached hydrogens (tertiary/aromatic N) is 2. The van der Waals surface area contributed by atoms with Crippen molar-refractivity contribution in [1.29, 1.82) is 0 Å². The fraction of sp³-hybridized carbons (Fsp3) is 0.500. The Hall–Kier alpha value is -1.95. The molecule has 1 fully saturated rings. The Bertz CT molecular complexity index is 498. The second-order valence-corrected chi connectivity index (χ2v) is 5.15. The van der Waals surface area contributed by atoms with Gasteiger partial charge in [-0.1, -0.05) is 12.1 Å². The highest BCUT2D eigenvalue weighted by Crippen LogP contribution is 2.18. The maximum atomic E-state index is 12.3. The van der Waals surface area contributed by atoms with Crippen molar-refractivity contribution in [3.8, 4) is 0 Å². The lowest BCUT2D eigenvalue weighted by Gasteiger charge is -2.27. The van der Waals surface area contributed by atoms with Gasteiger partial charge in [0.2, 0.25) is 5.91 Å². The van der Waals surface area contributed by atoms with Crippen LogP contribution in [0.25, 0.3) is 0 Å². The predicted molar refractivity (Wildman–Crippen MR) is 75.2 cm³/mol. The lowest BCUT2D eigenvalue weighted by atomic mass is 9.96. The number of carbonyl (C=O) groups excluding carboxylic acids is 1. The largest absolute Gasteiger partial charge is 0.341 e. The second kappa shape index (κ2) is 6.47. The lowest BCUT2D eigenvalue weighted by molar-refractivity contribution is -0.384. The summed E-state index contributed by atoms with van der Waals surface area (Å²) in [5.74, 6) is 0.193. The van der Waals surface area contributed by atoms with E-state index in [4.69, 9.17) is 0 Å². The van der Waals surface area contributed by atoms with E-state index < -0.39 is 4.92 Å². The van der Waals surface area contributed by atoms with Gasteiger partial charge in [0, 0.05) is 31.6 Å². The third-order valence-corrected chi connectivity index (χ3v) is 3.61. The molecule has 1 heterocycles. The number of amides is 1. The van der Waals surface area contributed by atoms with Crippen molar-refractivity contribution >= 4 is 11.6 Å². The first-order chi connectivity index (χ1) is 9.58. The molecule has 0 aromatic heterocycles. The summed E-state index contributed by atoms with van der Waals surface area (Å²) in [5, 5.41) is 14.0. The third-order valence-electron chi connectivity index (χ3n) is 3.61. The molecule has 0 unspecified atom stereocenters. The van der Waals surface area contributed by atoms with Gasteiger partial charge in [0.1, 0.15) is 0 Å². The molecule has 1 aliphatic heterocycles. The smallest absolute Gasteiger partial charge is 0.269 e. The highest BCUT2D eigenvalue weighted by atomic mass is 16.6. The van der Waals surface area contributed by atoms with Crippen molar-refractivity contribution in [3.05, 3.63) is 39.9 Å². The van der Waals surface area contributed by atoms with E-state index in [0.717, 1.165) is 31.5 Å². The Labute approximate surface area is 117 Å². The van der Waals surface area contributed by atoms with Gasteiger partial charge < -0.3 is 10.2 Å². The normalized spacial score (nSPS) is 15.8. The van der Waals surface area contributed by atoms with E-state index in [1.54, 1.807) is 24.1 Å². The van der Waals surface area contributed by atoms with Crippen molar-refractivity contribution in [1.82, 2.24) is 10.2 Å². The highest BCUT2D eigenvalue weighted by molar-refractivity contribution is 5.78. The summed E-state index contributed by atoms with van der Waals surface area (Å²) < 4.78 is 0. The molecule has 0 radical (unpaired) electrons. The van der Waals surface area contributed by atoms with Crippen molar-refractivity contribution < 1.29 is 9.72 Å². The Morgan fingerprint density at radius 3 is 2.80 bits per heavy atom. The number of nitro benzene ring substituents is 1. The van der Waals surface area contributed by atoms with Crippen molar-refractivity contribution in [2.45, 2.75) is 19.4 Å². The van der Waals surface area contributed by atoms with Gasteiger partial charge in [0.25, 0.3) is 5.69 Å². The number of hydrogen-bond donors (Lipinski definition) is 1. The van der Waals surface area contributed by atoms with Gasteiger partial charge in [-0.3, -0.25) is 14.9 Å². The minimum Gasteiger partial charge on any atom is -0.341 e. The number of rotatable bonds is 4. The molecular formula is C14H19N3O3. The summed E-state index contributed by atoms with van der Waals surface area (Å²) in [6.45, 7) is 2.16. The van der Waals surface area contributed by atoms with Crippen molar-refractivity contribution in [3.63, 3.8) is 0 Å². The van der Waals surface area contributed by atoms with Crippen LogP contribution in [0.4, 0.5) is 5.69 Å². The van der Waals surface area contributed by atoms with Gasteiger partial charge in [0.15, 0.2) is 0 Å². The average molecular weight is 277 g/mol. The summed E-state index contributed by atoms with van der Waals surface area (Å²) in [7, 11) is 1.75. The molecule has 1 saturated heterocycles. The number of non-ortho nitro benzene ring substituents is 1. The van der Waals surface area contributed by atoms with E-state index >= 15 is 0 Å². The zero-order valence-electron chi connectivity index (χ0n) is 11.5. The molecule has 0 bridgehead atoms. The number of piperidine rings is 1. The number of benzene rings is 1. The predicted octanol–water partition coefficient (Wildman–Crippen LogP) is 1.55. The Kier molecular flexibility index (Phi) is 4.68. The quantitative estimate of drug-likeness (QED) is 0.669. The molecule has 1 aliphatic rings. The third kappa shape index (κ3) is 3.54. The fourth-order valence-electron chi connectivity index (χ4n) is 2.50. The molecule has 0 spiro atoms. The Morgan fingerprint density at radius 1 is 1.45 bits per heavy atom. The van der Waals surface area contributed by atoms with Gasteiger partial charge in [-0.15, -0.1) is 0 Å². The number of nitro groups is 1. The van der Waals surface area contributed by atoms with Crippen LogP contribution in [0.3, 0.4) is 0 Å². The highest BCUT2D eigenvalue weighted by Gasteiger charge is 2.24. The number of nitrogens with one attached hydrogen (secondary N) is 1. The molecule has 0 aliphatic carbocycles. The summed E-state index contributed by atoms with van der Waals surface area (Å²) >= 11 is 0. The van der Waals surface area contributed by atoms with E-state index in [0.29, 0.717) is 6.54 Å². The van der Waals surface area contributed by atoms with Gasteiger partial charge in [-0.05, 0) is 31.5 Å². The van der Waals surface area contributed by atoms with Crippen LogP contribution in [0.1, 0.15) is 18.4 Å². The van der Waals surface area contributed by atoms with Crippen LogP contribution in [-0.2, 0) is 11.3 Å². The number of carbonyl (C=O) groups is 1. The first kappa shape index (κ1) is 14.5. The fourth-order valence-corrected chi connectivity index (χ4v) is 2.50. The van der Waals surface area contributed by atoms with Gasteiger partial charge >= 0.3 is 0 Å². The van der Waals surface area contributed by atoms with E-state index in [9.17, 15) is 14.9 Å². The molecule has 6 heteroatoms. The van der Waals surface area contributed by atoms with Gasteiger partial charge in [-0.25, -0.2) is 0 Å². The van der Waals surface area contributed by atoms with Crippen molar-refractivity contribution in [2.75, 3.05) is 20.1 Å². The molecule has 20 heavy (non-hydrogen) atoms. The minimum atomic E-state index is -0.419. The molecule has 1 aromatic rings. The van der Waals surface area contributed by atoms with Gasteiger partial charge in [-0.2, -0.15) is 0 Å². The maximum absolute atomic E-state index is 12.3. The molecule has 0 saturated carbocycles. The molecule has 1 aromatic carbocycles. The van der Waals surface area contributed by atoms with Crippen LogP contribution in [-0.4, -0.2) is 35.9 Å². The first-order valence-corrected chi connectivity index (χ1v) is 6.77. The molecular weight excluding hydrogens is 258 g/mol. The molecule has 1 amide bonds. The van der Waals surface area contributed by atoms with Crippen LogP contribution in [0.15, 0.2) is 24.3 Å². The average Bonchev–Trinajstić information content (AvgIpc) is 2.47. The standard InChI is InChI=1S/C14H19N3O3/c1-16(14(18)12-5-7-15-8-6-12)10-11-3-2-4-13(9-11)17(19)20/h2-4,9,12,15H,5-8,10H2,1H3. The molecule has 0 atom stereocenters. The molecule has 6 nitrogen and oxygen atoms in total. The van der Waals surface area contributed by atoms with E-state index in [1.165, 1.54) is 12.1 Å². The van der Waals surface area contributed by atoms with E-state index in [1.807, 2.05) is 0 Å². The monoisotopic (exact) mass is 277 g/mol. The number of hydrogen-bond acceptors (Lipinski definition) is 4.